The molecule has 1 aliphatic carbocycles. The molecular weight excluding hydrogens is 326 g/mol. The van der Waals surface area contributed by atoms with Crippen LogP contribution in [0.1, 0.15) is 25.7 Å². The van der Waals surface area contributed by atoms with Gasteiger partial charge in [0.1, 0.15) is 5.82 Å². The zero-order valence-electron chi connectivity index (χ0n) is 13.9. The molecule has 6 nitrogen and oxygen atoms in total. The van der Waals surface area contributed by atoms with E-state index in [0.717, 1.165) is 43.1 Å². The summed E-state index contributed by atoms with van der Waals surface area (Å²) in [5, 5.41) is 14.6. The van der Waals surface area contributed by atoms with Crippen LogP contribution >= 0.6 is 11.6 Å². The Morgan fingerprint density at radius 1 is 1.29 bits per heavy atom. The molecule has 1 aliphatic rings. The molecule has 24 heavy (non-hydrogen) atoms. The minimum absolute atomic E-state index is 0.453. The van der Waals surface area contributed by atoms with Crippen LogP contribution in [-0.4, -0.2) is 47.5 Å². The third kappa shape index (κ3) is 4.47. The van der Waals surface area contributed by atoms with Crippen molar-refractivity contribution in [2.75, 3.05) is 25.6 Å². The number of hydrogen-bond acceptors (Lipinski definition) is 5. The lowest BCUT2D eigenvalue weighted by atomic mass is 9.91. The summed E-state index contributed by atoms with van der Waals surface area (Å²) in [6.45, 7) is 1.69. The van der Waals surface area contributed by atoms with Crippen LogP contribution in [0.4, 0.5) is 5.82 Å². The van der Waals surface area contributed by atoms with Crippen LogP contribution in [-0.2, 0) is 4.74 Å². The van der Waals surface area contributed by atoms with E-state index < -0.39 is 0 Å². The topological polar surface area (TPSA) is 74.9 Å². The van der Waals surface area contributed by atoms with E-state index in [4.69, 9.17) is 16.3 Å². The Bertz CT molecular complexity index is 626. The maximum atomic E-state index is 6.25. The van der Waals surface area contributed by atoms with Crippen molar-refractivity contribution in [3.05, 3.63) is 29.5 Å². The molecule has 0 radical (unpaired) electrons. The van der Waals surface area contributed by atoms with Crippen LogP contribution < -0.4 is 10.6 Å². The van der Waals surface area contributed by atoms with Gasteiger partial charge in [-0.3, -0.25) is 5.10 Å². The van der Waals surface area contributed by atoms with Gasteiger partial charge in [-0.2, -0.15) is 5.10 Å². The average molecular weight is 350 g/mol. The summed E-state index contributed by atoms with van der Waals surface area (Å²) in [6, 6.07) is 4.94. The first kappa shape index (κ1) is 17.2. The number of nitrogens with one attached hydrogen (secondary N) is 3. The summed E-state index contributed by atoms with van der Waals surface area (Å²) in [5.74, 6) is 0.861. The van der Waals surface area contributed by atoms with Gasteiger partial charge in [0.15, 0.2) is 0 Å². The molecule has 2 aromatic heterocycles. The smallest absolute Gasteiger partial charge is 0.126 e. The summed E-state index contributed by atoms with van der Waals surface area (Å²) < 4.78 is 5.08. The summed E-state index contributed by atoms with van der Waals surface area (Å²) in [4.78, 5) is 4.41. The third-order valence-corrected chi connectivity index (χ3v) is 4.77. The van der Waals surface area contributed by atoms with E-state index in [9.17, 15) is 0 Å². The van der Waals surface area contributed by atoms with Gasteiger partial charge in [-0.15, -0.1) is 0 Å². The Morgan fingerprint density at radius 3 is 2.79 bits per heavy atom. The number of pyridine rings is 1. The normalized spacial score (nSPS) is 20.9. The lowest BCUT2D eigenvalue weighted by molar-refractivity contribution is 0.191. The van der Waals surface area contributed by atoms with Crippen LogP contribution in [0.25, 0.3) is 11.3 Å². The maximum Gasteiger partial charge on any atom is 0.126 e. The first-order valence-corrected chi connectivity index (χ1v) is 8.78. The highest BCUT2D eigenvalue weighted by atomic mass is 35.5. The Hall–Kier alpha value is -1.63. The number of nitrogens with zero attached hydrogens (tertiary/aromatic N) is 2. The monoisotopic (exact) mass is 349 g/mol. The van der Waals surface area contributed by atoms with E-state index in [1.807, 2.05) is 12.1 Å². The number of H-pyrrole nitrogens is 1. The Morgan fingerprint density at radius 2 is 2.08 bits per heavy atom. The molecule has 1 fully saturated rings. The summed E-state index contributed by atoms with van der Waals surface area (Å²) in [7, 11) is 1.74. The molecule has 0 saturated heterocycles. The van der Waals surface area contributed by atoms with Crippen molar-refractivity contribution < 1.29 is 4.74 Å². The SMILES string of the molecule is COCCNC1CCC(Nc2cc(-c3ccn[nH]3)c(Cl)cn2)CC1. The minimum Gasteiger partial charge on any atom is -0.383 e. The lowest BCUT2D eigenvalue weighted by Gasteiger charge is -2.30. The molecule has 2 heterocycles. The van der Waals surface area contributed by atoms with Gasteiger partial charge in [-0.1, -0.05) is 11.6 Å². The Kier molecular flexibility index (Phi) is 6.07. The molecule has 0 aliphatic heterocycles. The first-order valence-electron chi connectivity index (χ1n) is 8.40. The van der Waals surface area contributed by atoms with Gasteiger partial charge in [0.05, 0.1) is 17.3 Å². The van der Waals surface area contributed by atoms with E-state index in [-0.39, 0.29) is 0 Å². The van der Waals surface area contributed by atoms with Gasteiger partial charge >= 0.3 is 0 Å². The van der Waals surface area contributed by atoms with Crippen molar-refractivity contribution in [2.45, 2.75) is 37.8 Å². The number of halogens is 1. The van der Waals surface area contributed by atoms with Crippen LogP contribution in [0.15, 0.2) is 24.5 Å². The molecule has 3 N–H and O–H groups in total. The van der Waals surface area contributed by atoms with Crippen molar-refractivity contribution in [3.8, 4) is 11.3 Å². The van der Waals surface area contributed by atoms with Crippen molar-refractivity contribution >= 4 is 17.4 Å². The highest BCUT2D eigenvalue weighted by molar-refractivity contribution is 6.33. The van der Waals surface area contributed by atoms with Gasteiger partial charge in [0, 0.05) is 43.7 Å². The van der Waals surface area contributed by atoms with E-state index in [0.29, 0.717) is 17.1 Å². The highest BCUT2D eigenvalue weighted by Gasteiger charge is 2.21. The van der Waals surface area contributed by atoms with E-state index >= 15 is 0 Å². The molecule has 0 atom stereocenters. The van der Waals surface area contributed by atoms with Crippen molar-refractivity contribution in [1.29, 1.82) is 0 Å². The van der Waals surface area contributed by atoms with Gasteiger partial charge in [-0.05, 0) is 37.8 Å². The fourth-order valence-corrected chi connectivity index (χ4v) is 3.35. The zero-order chi connectivity index (χ0) is 16.8. The molecule has 1 saturated carbocycles. The van der Waals surface area contributed by atoms with Gasteiger partial charge < -0.3 is 15.4 Å². The summed E-state index contributed by atoms with van der Waals surface area (Å²) >= 11 is 6.25. The number of hydrogen-bond donors (Lipinski definition) is 3. The van der Waals surface area contributed by atoms with Gasteiger partial charge in [0.25, 0.3) is 0 Å². The number of aromatic amines is 1. The quantitative estimate of drug-likeness (QED) is 0.670. The fourth-order valence-electron chi connectivity index (χ4n) is 3.15. The molecule has 0 bridgehead atoms. The molecule has 0 spiro atoms. The molecule has 0 amide bonds. The average Bonchev–Trinajstić information content (AvgIpc) is 3.13. The van der Waals surface area contributed by atoms with E-state index in [1.165, 1.54) is 12.8 Å². The van der Waals surface area contributed by atoms with Crippen LogP contribution in [0.3, 0.4) is 0 Å². The Balaban J connectivity index is 1.55. The summed E-state index contributed by atoms with van der Waals surface area (Å²) in [6.07, 6.45) is 8.02. The first-order chi connectivity index (χ1) is 11.8. The second-order valence-electron chi connectivity index (χ2n) is 6.16. The predicted octanol–water partition coefficient (Wildman–Crippen LogP) is 3.08. The predicted molar refractivity (Wildman–Crippen MR) is 96.4 cm³/mol. The van der Waals surface area contributed by atoms with Crippen LogP contribution in [0, 0.1) is 0 Å². The largest absolute Gasteiger partial charge is 0.383 e. The number of rotatable bonds is 7. The Labute approximate surface area is 147 Å². The van der Waals surface area contributed by atoms with E-state index in [2.05, 4.69) is 25.8 Å². The second-order valence-corrected chi connectivity index (χ2v) is 6.57. The molecule has 0 unspecified atom stereocenters. The molecule has 2 aromatic rings. The van der Waals surface area contributed by atoms with E-state index in [1.54, 1.807) is 19.5 Å². The standard InChI is InChI=1S/C17H24ClN5O/c1-24-9-8-19-12-2-4-13(5-3-12)22-17-10-14(15(18)11-20-17)16-6-7-21-23-16/h6-7,10-13,19H,2-5,8-9H2,1H3,(H,20,22)(H,21,23). The minimum atomic E-state index is 0.453. The molecule has 130 valence electrons. The van der Waals surface area contributed by atoms with Crippen LogP contribution in [0.2, 0.25) is 5.02 Å². The highest BCUT2D eigenvalue weighted by Crippen LogP contribution is 2.29. The molecular formula is C17H24ClN5O. The zero-order valence-corrected chi connectivity index (χ0v) is 14.6. The van der Waals surface area contributed by atoms with Crippen LogP contribution in [0.5, 0.6) is 0 Å². The number of anilines is 1. The number of methoxy groups -OCH3 is 1. The third-order valence-electron chi connectivity index (χ3n) is 4.46. The maximum absolute atomic E-state index is 6.25. The second kappa shape index (κ2) is 8.46. The summed E-state index contributed by atoms with van der Waals surface area (Å²) in [5.41, 5.74) is 1.82. The van der Waals surface area contributed by atoms with Gasteiger partial charge in [-0.25, -0.2) is 4.98 Å². The molecule has 3 rings (SSSR count). The molecule has 0 aromatic carbocycles. The number of ether oxygens (including phenoxy) is 1. The van der Waals surface area contributed by atoms with Crippen molar-refractivity contribution in [2.24, 2.45) is 0 Å². The number of aromatic nitrogens is 3. The van der Waals surface area contributed by atoms with Gasteiger partial charge in [0.2, 0.25) is 0 Å². The van der Waals surface area contributed by atoms with Crippen molar-refractivity contribution in [3.63, 3.8) is 0 Å². The van der Waals surface area contributed by atoms with Crippen molar-refractivity contribution in [1.82, 2.24) is 20.5 Å². The molecule has 7 heteroatoms. The lowest BCUT2D eigenvalue weighted by Crippen LogP contribution is -2.38. The fraction of sp³-hybridized carbons (Fsp3) is 0.529.